The third-order valence-corrected chi connectivity index (χ3v) is 10.8. The molecule has 1 N–H and O–H groups in total. The number of carbonyl (C=O) groups is 4. The summed E-state index contributed by atoms with van der Waals surface area (Å²) in [6.45, 7) is 12.9. The lowest BCUT2D eigenvalue weighted by molar-refractivity contribution is -0.153. The van der Waals surface area contributed by atoms with Gasteiger partial charge in [0.25, 0.3) is 5.91 Å². The van der Waals surface area contributed by atoms with Crippen LogP contribution in [0.25, 0.3) is 11.3 Å². The van der Waals surface area contributed by atoms with Crippen molar-refractivity contribution in [3.8, 4) is 11.3 Å². The van der Waals surface area contributed by atoms with Crippen molar-refractivity contribution in [1.82, 2.24) is 24.7 Å². The van der Waals surface area contributed by atoms with Gasteiger partial charge in [-0.3, -0.25) is 9.59 Å². The first-order valence-corrected chi connectivity index (χ1v) is 22.1. The van der Waals surface area contributed by atoms with Crippen molar-refractivity contribution in [1.29, 1.82) is 0 Å². The van der Waals surface area contributed by atoms with E-state index in [1.165, 1.54) is 6.92 Å². The van der Waals surface area contributed by atoms with Crippen molar-refractivity contribution in [3.63, 3.8) is 0 Å². The number of hydrogen-bond acceptors (Lipinski definition) is 8. The highest BCUT2D eigenvalue weighted by atomic mass is 32.3. The van der Waals surface area contributed by atoms with Gasteiger partial charge in [-0.2, -0.15) is 0 Å². The Morgan fingerprint density at radius 1 is 0.965 bits per heavy atom. The number of imidazole rings is 1. The monoisotopic (exact) mass is 815 g/mol. The van der Waals surface area contributed by atoms with Crippen LogP contribution in [0.15, 0.2) is 54.7 Å². The SMILES string of the molecule is CC(=O)OCC(=O)N(CC1CN(C(=O)OC(C)(C)C)CC1CNC(=O)OCCS(C)(C)C)C(c1nc(-c2cc(F)ccc2F)cn1Cc1ccccc1)C(C)(C)C. The molecule has 12 nitrogen and oxygen atoms in total. The quantitative estimate of drug-likeness (QED) is 0.133. The molecule has 4 rings (SSSR count). The first-order chi connectivity index (χ1) is 26.5. The van der Waals surface area contributed by atoms with Crippen LogP contribution in [-0.2, 0) is 30.3 Å². The average molecular weight is 816 g/mol. The number of carbonyl (C=O) groups excluding carboxylic acids is 4. The molecule has 3 unspecified atom stereocenters. The minimum absolute atomic E-state index is 0.0424. The lowest BCUT2D eigenvalue weighted by atomic mass is 9.83. The first kappa shape index (κ1) is 45.0. The van der Waals surface area contributed by atoms with Crippen molar-refractivity contribution in [2.45, 2.75) is 66.7 Å². The molecule has 0 radical (unpaired) electrons. The van der Waals surface area contributed by atoms with Gasteiger partial charge < -0.3 is 33.9 Å². The topological polar surface area (TPSA) is 132 Å². The van der Waals surface area contributed by atoms with Gasteiger partial charge in [-0.05, 0) is 68.7 Å². The summed E-state index contributed by atoms with van der Waals surface area (Å²) in [5, 5.41) is 2.86. The normalized spacial score (nSPS) is 16.8. The van der Waals surface area contributed by atoms with Gasteiger partial charge >= 0.3 is 18.2 Å². The standard InChI is InChI=1S/C42H59F2N5O7S/c1-28(50)55-27-36(51)49(25-31-24-48(40(53)56-42(5,6)7)23-30(31)21-45-39(52)54-18-19-57(8,9)10)37(41(2,3)4)38-46-35(33-20-32(43)16-17-34(33)44)26-47(38)22-29-14-12-11-13-15-29/h11-17,20,26,30-31,37H,18-19,21-25,27H2,1-10H3,(H,45,52). The zero-order chi connectivity index (χ0) is 42.3. The zero-order valence-corrected chi connectivity index (χ0v) is 35.7. The second kappa shape index (κ2) is 18.7. The highest BCUT2D eigenvalue weighted by molar-refractivity contribution is 8.32. The number of halogens is 2. The highest BCUT2D eigenvalue weighted by Crippen LogP contribution is 2.41. The lowest BCUT2D eigenvalue weighted by Gasteiger charge is -2.41. The Bertz CT molecular complexity index is 1870. The van der Waals surface area contributed by atoms with Crippen molar-refractivity contribution in [3.05, 3.63) is 77.8 Å². The van der Waals surface area contributed by atoms with E-state index in [1.807, 2.05) is 55.7 Å². The predicted molar refractivity (Wildman–Crippen MR) is 218 cm³/mol. The third-order valence-electron chi connectivity index (χ3n) is 9.40. The molecule has 1 aliphatic rings. The van der Waals surface area contributed by atoms with Crippen molar-refractivity contribution < 1.29 is 42.2 Å². The van der Waals surface area contributed by atoms with Crippen LogP contribution >= 0.6 is 10.0 Å². The molecular weight excluding hydrogens is 757 g/mol. The first-order valence-electron chi connectivity index (χ1n) is 19.0. The van der Waals surface area contributed by atoms with E-state index in [0.717, 1.165) is 29.5 Å². The summed E-state index contributed by atoms with van der Waals surface area (Å²) in [4.78, 5) is 60.8. The number of nitrogens with one attached hydrogen (secondary N) is 1. The Hall–Kier alpha value is -4.66. The summed E-state index contributed by atoms with van der Waals surface area (Å²) in [5.74, 6) is -2.07. The fourth-order valence-electron chi connectivity index (χ4n) is 6.73. The van der Waals surface area contributed by atoms with Crippen LogP contribution in [-0.4, -0.2) is 113 Å². The maximum absolute atomic E-state index is 15.3. The van der Waals surface area contributed by atoms with Gasteiger partial charge in [-0.15, -0.1) is 0 Å². The molecular formula is C42H59F2N5O7S. The summed E-state index contributed by atoms with van der Waals surface area (Å²) in [5.41, 5.74) is -0.470. The molecule has 0 aliphatic carbocycles. The number of rotatable bonds is 14. The molecule has 0 spiro atoms. The van der Waals surface area contributed by atoms with Crippen molar-refractivity contribution in [2.75, 3.05) is 63.9 Å². The number of likely N-dealkylation sites (tertiary alicyclic amines) is 1. The lowest BCUT2D eigenvalue weighted by Crippen LogP contribution is -2.48. The van der Waals surface area contributed by atoms with Crippen LogP contribution in [0.1, 0.15) is 65.9 Å². The number of aromatic nitrogens is 2. The van der Waals surface area contributed by atoms with Crippen molar-refractivity contribution in [2.24, 2.45) is 17.3 Å². The van der Waals surface area contributed by atoms with Crippen molar-refractivity contribution >= 4 is 34.1 Å². The minimum atomic E-state index is -0.880. The molecule has 3 atom stereocenters. The summed E-state index contributed by atoms with van der Waals surface area (Å²) < 4.78 is 48.1. The molecule has 314 valence electrons. The molecule has 2 heterocycles. The van der Waals surface area contributed by atoms with E-state index in [2.05, 4.69) is 24.1 Å². The molecule has 0 saturated carbocycles. The Morgan fingerprint density at radius 3 is 2.25 bits per heavy atom. The van der Waals surface area contributed by atoms with Gasteiger partial charge in [-0.1, -0.05) is 51.1 Å². The highest BCUT2D eigenvalue weighted by Gasteiger charge is 2.44. The number of ether oxygens (including phenoxy) is 3. The van der Waals surface area contributed by atoms with E-state index in [4.69, 9.17) is 19.2 Å². The van der Waals surface area contributed by atoms with E-state index in [-0.39, 0.29) is 50.0 Å². The van der Waals surface area contributed by atoms with Crippen LogP contribution in [0.5, 0.6) is 0 Å². The summed E-state index contributed by atoms with van der Waals surface area (Å²) in [7, 11) is -0.880. The molecule has 15 heteroatoms. The minimum Gasteiger partial charge on any atom is -0.456 e. The predicted octanol–water partition coefficient (Wildman–Crippen LogP) is 7.26. The van der Waals surface area contributed by atoms with E-state index >= 15 is 4.39 Å². The average Bonchev–Trinajstić information content (AvgIpc) is 3.69. The molecule has 3 aromatic rings. The number of esters is 1. The van der Waals surface area contributed by atoms with E-state index in [1.54, 1.807) is 36.8 Å². The van der Waals surface area contributed by atoms with Gasteiger partial charge in [-0.25, -0.2) is 33.4 Å². The van der Waals surface area contributed by atoms with Crippen LogP contribution in [0.3, 0.4) is 0 Å². The van der Waals surface area contributed by atoms with Crippen LogP contribution in [0.4, 0.5) is 18.4 Å². The van der Waals surface area contributed by atoms with Gasteiger partial charge in [0.15, 0.2) is 6.61 Å². The molecule has 1 aliphatic heterocycles. The number of benzene rings is 2. The largest absolute Gasteiger partial charge is 0.456 e. The second-order valence-corrected chi connectivity index (χ2v) is 22.1. The van der Waals surface area contributed by atoms with Gasteiger partial charge in [0.2, 0.25) is 0 Å². The second-order valence-electron chi connectivity index (χ2n) is 17.5. The fourth-order valence-corrected chi connectivity index (χ4v) is 7.31. The smallest absolute Gasteiger partial charge is 0.410 e. The zero-order valence-electron chi connectivity index (χ0n) is 34.9. The Labute approximate surface area is 336 Å². The number of amides is 3. The van der Waals surface area contributed by atoms with Gasteiger partial charge in [0, 0.05) is 69.0 Å². The van der Waals surface area contributed by atoms with Gasteiger partial charge in [0.1, 0.15) is 29.7 Å². The van der Waals surface area contributed by atoms with E-state index in [0.29, 0.717) is 12.4 Å². The van der Waals surface area contributed by atoms with Crippen LogP contribution < -0.4 is 5.32 Å². The molecule has 1 aromatic heterocycles. The third kappa shape index (κ3) is 13.5. The van der Waals surface area contributed by atoms with Crippen LogP contribution in [0.2, 0.25) is 0 Å². The van der Waals surface area contributed by atoms with E-state index < -0.39 is 75.3 Å². The Balaban J connectivity index is 1.79. The summed E-state index contributed by atoms with van der Waals surface area (Å²) >= 11 is 0. The Morgan fingerprint density at radius 2 is 1.63 bits per heavy atom. The molecule has 3 amide bonds. The van der Waals surface area contributed by atoms with Gasteiger partial charge in [0.05, 0.1) is 11.7 Å². The molecule has 1 fully saturated rings. The van der Waals surface area contributed by atoms with Crippen LogP contribution in [0, 0.1) is 28.9 Å². The van der Waals surface area contributed by atoms with E-state index in [9.17, 15) is 23.6 Å². The maximum Gasteiger partial charge on any atom is 0.410 e. The molecule has 57 heavy (non-hydrogen) atoms. The molecule has 0 bridgehead atoms. The molecule has 2 aromatic carbocycles. The summed E-state index contributed by atoms with van der Waals surface area (Å²) in [6, 6.07) is 11.9. The number of nitrogens with zero attached hydrogens (tertiary/aromatic N) is 4. The molecule has 1 saturated heterocycles. The fraction of sp³-hybridized carbons (Fsp3) is 0.548. The Kier molecular flexibility index (Phi) is 14.8. The maximum atomic E-state index is 15.3. The number of hydrogen-bond donors (Lipinski definition) is 1. The summed E-state index contributed by atoms with van der Waals surface area (Å²) in [6.07, 6.45) is 6.94. The number of alkyl carbamates (subject to hydrolysis) is 1.